The minimum atomic E-state index is -0.326. The van der Waals surface area contributed by atoms with Gasteiger partial charge in [-0.1, -0.05) is 0 Å². The second kappa shape index (κ2) is 4.82. The molecule has 10 nitrogen and oxygen atoms in total. The van der Waals surface area contributed by atoms with Crippen LogP contribution < -0.4 is 5.01 Å². The van der Waals surface area contributed by atoms with Crippen LogP contribution in [0.1, 0.15) is 13.8 Å². The number of nitrogens with zero attached hydrogens (tertiary/aromatic N) is 9. The van der Waals surface area contributed by atoms with E-state index < -0.39 is 0 Å². The first-order chi connectivity index (χ1) is 8.31. The molecule has 0 aliphatic heterocycles. The maximum absolute atomic E-state index is 9.08. The summed E-state index contributed by atoms with van der Waals surface area (Å²) in [6.45, 7) is 5.14. The van der Waals surface area contributed by atoms with Crippen molar-refractivity contribution in [2.24, 2.45) is 0 Å². The predicted molar refractivity (Wildman–Crippen MR) is 56.1 cm³/mol. The van der Waals surface area contributed by atoms with E-state index in [9.17, 15) is 0 Å². The third-order valence-electron chi connectivity index (χ3n) is 2.32. The van der Waals surface area contributed by atoms with Crippen molar-refractivity contribution in [2.45, 2.75) is 20.6 Å². The lowest BCUT2D eigenvalue weighted by molar-refractivity contribution is 0.194. The second-order valence-electron chi connectivity index (χ2n) is 3.17. The SMILES string of the molecule is CCN(CC)n1nnnc1-c1nnnn1CO. The van der Waals surface area contributed by atoms with Crippen LogP contribution in [0.5, 0.6) is 0 Å². The number of aromatic nitrogens is 8. The Morgan fingerprint density at radius 2 is 1.71 bits per heavy atom. The molecule has 2 aromatic rings. The lowest BCUT2D eigenvalue weighted by Gasteiger charge is -2.20. The molecule has 0 radical (unpaired) electrons. The first kappa shape index (κ1) is 11.4. The highest BCUT2D eigenvalue weighted by Crippen LogP contribution is 2.10. The average molecular weight is 239 g/mol. The number of aliphatic hydroxyl groups excluding tert-OH is 1. The summed E-state index contributed by atoms with van der Waals surface area (Å²) in [4.78, 5) is 1.53. The molecule has 0 atom stereocenters. The first-order valence-electron chi connectivity index (χ1n) is 5.22. The molecular weight excluding hydrogens is 226 g/mol. The second-order valence-corrected chi connectivity index (χ2v) is 3.17. The van der Waals surface area contributed by atoms with Gasteiger partial charge in [-0.05, 0) is 34.7 Å². The van der Waals surface area contributed by atoms with Gasteiger partial charge in [0.25, 0.3) is 0 Å². The highest BCUT2D eigenvalue weighted by molar-refractivity contribution is 5.41. The molecule has 0 saturated heterocycles. The van der Waals surface area contributed by atoms with Crippen LogP contribution in [-0.4, -0.2) is 58.7 Å². The van der Waals surface area contributed by atoms with Crippen molar-refractivity contribution in [3.05, 3.63) is 0 Å². The van der Waals surface area contributed by atoms with E-state index >= 15 is 0 Å². The van der Waals surface area contributed by atoms with Gasteiger partial charge in [-0.2, -0.15) is 4.68 Å². The lowest BCUT2D eigenvalue weighted by Crippen LogP contribution is -2.36. The molecular formula is C7H13N9O. The van der Waals surface area contributed by atoms with Crippen LogP contribution in [0, 0.1) is 0 Å². The van der Waals surface area contributed by atoms with E-state index in [0.717, 1.165) is 13.1 Å². The Balaban J connectivity index is 2.43. The predicted octanol–water partition coefficient (Wildman–Crippen LogP) is -1.75. The zero-order chi connectivity index (χ0) is 12.3. The molecule has 0 fully saturated rings. The van der Waals surface area contributed by atoms with Crippen molar-refractivity contribution in [3.63, 3.8) is 0 Å². The van der Waals surface area contributed by atoms with Gasteiger partial charge in [-0.3, -0.25) is 5.01 Å². The van der Waals surface area contributed by atoms with E-state index in [2.05, 4.69) is 31.1 Å². The zero-order valence-corrected chi connectivity index (χ0v) is 9.59. The number of rotatable bonds is 5. The fourth-order valence-corrected chi connectivity index (χ4v) is 1.46. The van der Waals surface area contributed by atoms with Crippen molar-refractivity contribution in [1.82, 2.24) is 40.5 Å². The fraction of sp³-hybridized carbons (Fsp3) is 0.714. The third kappa shape index (κ3) is 1.93. The van der Waals surface area contributed by atoms with E-state index in [1.165, 1.54) is 9.47 Å². The maximum Gasteiger partial charge on any atom is 0.243 e. The van der Waals surface area contributed by atoms with Crippen molar-refractivity contribution in [3.8, 4) is 11.6 Å². The van der Waals surface area contributed by atoms with Gasteiger partial charge in [-0.15, -0.1) is 15.0 Å². The first-order valence-corrected chi connectivity index (χ1v) is 5.22. The van der Waals surface area contributed by atoms with Crippen molar-refractivity contribution < 1.29 is 5.11 Å². The molecule has 10 heteroatoms. The lowest BCUT2D eigenvalue weighted by atomic mass is 10.5. The topological polar surface area (TPSA) is 111 Å². The van der Waals surface area contributed by atoms with Gasteiger partial charge in [0.2, 0.25) is 11.6 Å². The third-order valence-corrected chi connectivity index (χ3v) is 2.32. The number of hydrogen-bond acceptors (Lipinski definition) is 8. The molecule has 17 heavy (non-hydrogen) atoms. The highest BCUT2D eigenvalue weighted by atomic mass is 16.3. The van der Waals surface area contributed by atoms with Crippen molar-refractivity contribution >= 4 is 0 Å². The normalized spacial score (nSPS) is 10.8. The largest absolute Gasteiger partial charge is 0.374 e. The Morgan fingerprint density at radius 3 is 2.35 bits per heavy atom. The van der Waals surface area contributed by atoms with Gasteiger partial charge < -0.3 is 5.11 Å². The smallest absolute Gasteiger partial charge is 0.243 e. The Morgan fingerprint density at radius 1 is 1.06 bits per heavy atom. The van der Waals surface area contributed by atoms with Crippen molar-refractivity contribution in [2.75, 3.05) is 18.1 Å². The maximum atomic E-state index is 9.08. The Labute approximate surface area is 96.8 Å². The minimum absolute atomic E-state index is 0.324. The summed E-state index contributed by atoms with van der Waals surface area (Å²) in [6.07, 6.45) is 0. The molecule has 0 aliphatic carbocycles. The van der Waals surface area contributed by atoms with Gasteiger partial charge in [0, 0.05) is 13.1 Å². The number of tetrazole rings is 2. The van der Waals surface area contributed by atoms with E-state index in [1.54, 1.807) is 0 Å². The van der Waals surface area contributed by atoms with Crippen LogP contribution in [0.4, 0.5) is 0 Å². The number of aliphatic hydroxyl groups is 1. The molecule has 2 aromatic heterocycles. The minimum Gasteiger partial charge on any atom is -0.374 e. The number of hydrogen-bond donors (Lipinski definition) is 1. The molecule has 0 saturated carbocycles. The Bertz CT molecular complexity index is 473. The Kier molecular flexibility index (Phi) is 3.23. The van der Waals surface area contributed by atoms with Gasteiger partial charge in [0.05, 0.1) is 0 Å². The molecule has 1 N–H and O–H groups in total. The van der Waals surface area contributed by atoms with E-state index in [0.29, 0.717) is 11.6 Å². The average Bonchev–Trinajstić information content (AvgIpc) is 2.97. The van der Waals surface area contributed by atoms with Crippen LogP contribution in [-0.2, 0) is 6.73 Å². The molecule has 0 amide bonds. The molecule has 0 spiro atoms. The summed E-state index contributed by atoms with van der Waals surface area (Å²) in [5.74, 6) is 0.720. The molecule has 0 aliphatic rings. The Hall–Kier alpha value is -2.10. The van der Waals surface area contributed by atoms with Gasteiger partial charge >= 0.3 is 0 Å². The standard InChI is InChI=1S/C7H13N9O/c1-3-14(4-2)16-7(9-11-13-16)6-8-10-12-15(6)5-17/h17H,3-5H2,1-2H3. The summed E-state index contributed by atoms with van der Waals surface area (Å²) in [5, 5.41) is 33.2. The summed E-state index contributed by atoms with van der Waals surface area (Å²) in [5.41, 5.74) is 0. The van der Waals surface area contributed by atoms with Gasteiger partial charge in [0.1, 0.15) is 6.73 Å². The highest BCUT2D eigenvalue weighted by Gasteiger charge is 2.19. The summed E-state index contributed by atoms with van der Waals surface area (Å²) >= 11 is 0. The van der Waals surface area contributed by atoms with E-state index in [-0.39, 0.29) is 6.73 Å². The van der Waals surface area contributed by atoms with Gasteiger partial charge in [0.15, 0.2) is 0 Å². The monoisotopic (exact) mass is 239 g/mol. The fourth-order valence-electron chi connectivity index (χ4n) is 1.46. The summed E-state index contributed by atoms with van der Waals surface area (Å²) in [7, 11) is 0. The summed E-state index contributed by atoms with van der Waals surface area (Å²) < 4.78 is 1.21. The molecule has 2 heterocycles. The van der Waals surface area contributed by atoms with Crippen LogP contribution >= 0.6 is 0 Å². The molecule has 2 rings (SSSR count). The quantitative estimate of drug-likeness (QED) is 0.654. The van der Waals surface area contributed by atoms with Crippen LogP contribution in [0.3, 0.4) is 0 Å². The molecule has 0 unspecified atom stereocenters. The van der Waals surface area contributed by atoms with E-state index in [1.807, 2.05) is 18.9 Å². The molecule has 92 valence electrons. The molecule has 0 aromatic carbocycles. The zero-order valence-electron chi connectivity index (χ0n) is 9.59. The van der Waals surface area contributed by atoms with E-state index in [4.69, 9.17) is 5.11 Å². The van der Waals surface area contributed by atoms with Crippen molar-refractivity contribution in [1.29, 1.82) is 0 Å². The van der Waals surface area contributed by atoms with Crippen LogP contribution in [0.25, 0.3) is 11.6 Å². The van der Waals surface area contributed by atoms with Crippen LogP contribution in [0.15, 0.2) is 0 Å². The van der Waals surface area contributed by atoms with Gasteiger partial charge in [-0.25, -0.2) is 0 Å². The molecule has 0 bridgehead atoms. The summed E-state index contributed by atoms with van der Waals surface area (Å²) in [6, 6.07) is 0. The van der Waals surface area contributed by atoms with Crippen LogP contribution in [0.2, 0.25) is 0 Å².